The summed E-state index contributed by atoms with van der Waals surface area (Å²) in [6, 6.07) is 1.86. The maximum atomic E-state index is 12.3. The molecule has 0 unspecified atom stereocenters. The van der Waals surface area contributed by atoms with Gasteiger partial charge in [0.05, 0.1) is 18.3 Å². The number of aromatic nitrogens is 2. The van der Waals surface area contributed by atoms with Gasteiger partial charge in [-0.25, -0.2) is 4.98 Å². The summed E-state index contributed by atoms with van der Waals surface area (Å²) in [6.45, 7) is 1.39. The van der Waals surface area contributed by atoms with Gasteiger partial charge in [-0.3, -0.25) is 9.78 Å². The maximum Gasteiger partial charge on any atom is 0.254 e. The van der Waals surface area contributed by atoms with Crippen molar-refractivity contribution in [2.75, 3.05) is 13.1 Å². The molecule has 3 heterocycles. The van der Waals surface area contributed by atoms with Crippen LogP contribution < -0.4 is 4.74 Å². The van der Waals surface area contributed by atoms with Crippen molar-refractivity contribution in [1.29, 1.82) is 0 Å². The Kier molecular flexibility index (Phi) is 3.92. The number of carbonyl (C=O) groups excluding carboxylic acids is 1. The number of thiophene rings is 1. The molecule has 2 aromatic rings. The minimum Gasteiger partial charge on any atom is -0.471 e. The Morgan fingerprint density at radius 2 is 2.40 bits per heavy atom. The van der Waals surface area contributed by atoms with E-state index in [-0.39, 0.29) is 12.0 Å². The highest BCUT2D eigenvalue weighted by atomic mass is 32.1. The molecule has 104 valence electrons. The third-order valence-corrected chi connectivity index (χ3v) is 3.94. The number of carbonyl (C=O) groups is 1. The number of ether oxygens (including phenoxy) is 1. The quantitative estimate of drug-likeness (QED) is 0.869. The summed E-state index contributed by atoms with van der Waals surface area (Å²) in [5, 5.41) is 3.81. The van der Waals surface area contributed by atoms with E-state index < -0.39 is 0 Å². The molecule has 1 amide bonds. The summed E-state index contributed by atoms with van der Waals surface area (Å²) in [4.78, 5) is 22.2. The molecule has 1 aliphatic rings. The molecule has 20 heavy (non-hydrogen) atoms. The van der Waals surface area contributed by atoms with Crippen molar-refractivity contribution in [1.82, 2.24) is 14.9 Å². The van der Waals surface area contributed by atoms with Crippen molar-refractivity contribution in [3.63, 3.8) is 0 Å². The third kappa shape index (κ3) is 2.96. The number of likely N-dealkylation sites (tertiary alicyclic amines) is 1. The van der Waals surface area contributed by atoms with Crippen LogP contribution in [-0.2, 0) is 0 Å². The Hall–Kier alpha value is -1.95. The molecule has 0 N–H and O–H groups in total. The molecule has 0 aliphatic carbocycles. The number of amides is 1. The molecule has 0 aromatic carbocycles. The van der Waals surface area contributed by atoms with Gasteiger partial charge in [0.15, 0.2) is 0 Å². The van der Waals surface area contributed by atoms with Gasteiger partial charge in [0.1, 0.15) is 6.10 Å². The van der Waals surface area contributed by atoms with Gasteiger partial charge in [-0.15, -0.1) is 0 Å². The molecule has 1 saturated heterocycles. The monoisotopic (exact) mass is 289 g/mol. The lowest BCUT2D eigenvalue weighted by Gasteiger charge is -2.32. The fraction of sp³-hybridized carbons (Fsp3) is 0.357. The van der Waals surface area contributed by atoms with Gasteiger partial charge in [0.2, 0.25) is 5.88 Å². The number of hydrogen-bond donors (Lipinski definition) is 0. The molecular formula is C14H15N3O2S. The third-order valence-electron chi connectivity index (χ3n) is 3.26. The van der Waals surface area contributed by atoms with Crippen LogP contribution in [0.5, 0.6) is 5.88 Å². The molecule has 1 fully saturated rings. The average Bonchev–Trinajstić information content (AvgIpc) is 3.02. The summed E-state index contributed by atoms with van der Waals surface area (Å²) in [5.74, 6) is 0.598. The van der Waals surface area contributed by atoms with Gasteiger partial charge in [0.25, 0.3) is 5.91 Å². The van der Waals surface area contributed by atoms with E-state index in [4.69, 9.17) is 4.74 Å². The molecule has 5 nitrogen and oxygen atoms in total. The van der Waals surface area contributed by atoms with Crippen LogP contribution in [-0.4, -0.2) is 40.0 Å². The normalized spacial score (nSPS) is 18.8. The number of hydrogen-bond acceptors (Lipinski definition) is 5. The number of piperidine rings is 1. The zero-order valence-corrected chi connectivity index (χ0v) is 11.8. The van der Waals surface area contributed by atoms with Crippen molar-refractivity contribution < 1.29 is 9.53 Å². The van der Waals surface area contributed by atoms with E-state index in [9.17, 15) is 4.79 Å². The standard InChI is InChI=1S/C14H15N3O2S/c18-14(11-3-7-20-10-11)17-6-1-2-12(9-17)19-13-8-15-4-5-16-13/h3-5,7-8,10,12H,1-2,6,9H2/t12-/m0/s1. The first-order valence-corrected chi connectivity index (χ1v) is 7.51. The minimum atomic E-state index is -0.0111. The Morgan fingerprint density at radius 3 is 3.15 bits per heavy atom. The number of nitrogens with zero attached hydrogens (tertiary/aromatic N) is 3. The largest absolute Gasteiger partial charge is 0.471 e. The van der Waals surface area contributed by atoms with E-state index in [0.29, 0.717) is 12.4 Å². The first-order chi connectivity index (χ1) is 9.83. The molecule has 0 bridgehead atoms. The van der Waals surface area contributed by atoms with Gasteiger partial charge in [-0.2, -0.15) is 11.3 Å². The van der Waals surface area contributed by atoms with Crippen LogP contribution in [0.2, 0.25) is 0 Å². The van der Waals surface area contributed by atoms with Crippen molar-refractivity contribution in [3.05, 3.63) is 41.0 Å². The Bertz CT molecular complexity index is 559. The molecule has 1 atom stereocenters. The predicted molar refractivity (Wildman–Crippen MR) is 75.9 cm³/mol. The second kappa shape index (κ2) is 6.00. The summed E-state index contributed by atoms with van der Waals surface area (Å²) in [7, 11) is 0. The predicted octanol–water partition coefficient (Wildman–Crippen LogP) is 2.22. The van der Waals surface area contributed by atoms with E-state index in [1.165, 1.54) is 11.3 Å². The van der Waals surface area contributed by atoms with Crippen molar-refractivity contribution in [3.8, 4) is 5.88 Å². The maximum absolute atomic E-state index is 12.3. The number of rotatable bonds is 3. The van der Waals surface area contributed by atoms with Gasteiger partial charge >= 0.3 is 0 Å². The molecule has 1 aliphatic heterocycles. The molecular weight excluding hydrogens is 274 g/mol. The molecule has 0 spiro atoms. The summed E-state index contributed by atoms with van der Waals surface area (Å²) in [6.07, 6.45) is 6.68. The summed E-state index contributed by atoms with van der Waals surface area (Å²) < 4.78 is 5.79. The zero-order chi connectivity index (χ0) is 13.8. The first-order valence-electron chi connectivity index (χ1n) is 6.57. The van der Waals surface area contributed by atoms with Crippen LogP contribution in [0, 0.1) is 0 Å². The fourth-order valence-electron chi connectivity index (χ4n) is 2.30. The van der Waals surface area contributed by atoms with Gasteiger partial charge in [-0.05, 0) is 24.3 Å². The van der Waals surface area contributed by atoms with Crippen LogP contribution >= 0.6 is 11.3 Å². The lowest BCUT2D eigenvalue weighted by atomic mass is 10.1. The van der Waals surface area contributed by atoms with E-state index in [1.807, 2.05) is 21.7 Å². The second-order valence-corrected chi connectivity index (χ2v) is 5.47. The average molecular weight is 289 g/mol. The van der Waals surface area contributed by atoms with Gasteiger partial charge in [0, 0.05) is 24.3 Å². The molecule has 2 aromatic heterocycles. The van der Waals surface area contributed by atoms with E-state index in [2.05, 4.69) is 9.97 Å². The molecule has 0 saturated carbocycles. The van der Waals surface area contributed by atoms with Crippen molar-refractivity contribution in [2.45, 2.75) is 18.9 Å². The van der Waals surface area contributed by atoms with Crippen LogP contribution in [0.1, 0.15) is 23.2 Å². The fourth-order valence-corrected chi connectivity index (χ4v) is 2.93. The molecule has 6 heteroatoms. The summed E-state index contributed by atoms with van der Waals surface area (Å²) >= 11 is 1.54. The Morgan fingerprint density at radius 1 is 1.45 bits per heavy atom. The zero-order valence-electron chi connectivity index (χ0n) is 10.9. The van der Waals surface area contributed by atoms with E-state index in [0.717, 1.165) is 24.9 Å². The lowest BCUT2D eigenvalue weighted by molar-refractivity contribution is 0.0527. The van der Waals surface area contributed by atoms with Gasteiger partial charge < -0.3 is 9.64 Å². The van der Waals surface area contributed by atoms with Crippen LogP contribution in [0.25, 0.3) is 0 Å². The van der Waals surface area contributed by atoms with Crippen molar-refractivity contribution >= 4 is 17.2 Å². The van der Waals surface area contributed by atoms with Crippen molar-refractivity contribution in [2.24, 2.45) is 0 Å². The second-order valence-electron chi connectivity index (χ2n) is 4.69. The first kappa shape index (κ1) is 13.1. The Labute approximate surface area is 121 Å². The minimum absolute atomic E-state index is 0.0111. The van der Waals surface area contributed by atoms with Crippen LogP contribution in [0.15, 0.2) is 35.4 Å². The lowest BCUT2D eigenvalue weighted by Crippen LogP contribution is -2.44. The highest BCUT2D eigenvalue weighted by Gasteiger charge is 2.26. The smallest absolute Gasteiger partial charge is 0.254 e. The molecule has 3 rings (SSSR count). The van der Waals surface area contributed by atoms with Crippen LogP contribution in [0.3, 0.4) is 0 Å². The van der Waals surface area contributed by atoms with Gasteiger partial charge in [-0.1, -0.05) is 0 Å². The molecule has 0 radical (unpaired) electrons. The Balaban J connectivity index is 1.63. The highest BCUT2D eigenvalue weighted by Crippen LogP contribution is 2.18. The highest BCUT2D eigenvalue weighted by molar-refractivity contribution is 7.08. The van der Waals surface area contributed by atoms with E-state index >= 15 is 0 Å². The topological polar surface area (TPSA) is 55.3 Å². The van der Waals surface area contributed by atoms with Crippen LogP contribution in [0.4, 0.5) is 0 Å². The SMILES string of the molecule is O=C(c1ccsc1)N1CCC[C@H](Oc2cnccn2)C1. The van der Waals surface area contributed by atoms with E-state index in [1.54, 1.807) is 18.6 Å². The summed E-state index contributed by atoms with van der Waals surface area (Å²) in [5.41, 5.74) is 0.759.